The summed E-state index contributed by atoms with van der Waals surface area (Å²) in [7, 11) is 0. The fraction of sp³-hybridized carbons (Fsp3) is 0.364. The first-order valence-electron chi connectivity index (χ1n) is 9.58. The van der Waals surface area contributed by atoms with Gasteiger partial charge in [0, 0.05) is 18.8 Å². The van der Waals surface area contributed by atoms with Crippen LogP contribution in [0.2, 0.25) is 0 Å². The Kier molecular flexibility index (Phi) is 6.66. The summed E-state index contributed by atoms with van der Waals surface area (Å²) in [5, 5.41) is 12.4. The van der Waals surface area contributed by atoms with Crippen molar-refractivity contribution in [1.82, 2.24) is 4.90 Å². The molecule has 2 amide bonds. The molecule has 1 aliphatic heterocycles. The van der Waals surface area contributed by atoms with Gasteiger partial charge in [0.25, 0.3) is 5.91 Å². The van der Waals surface area contributed by atoms with E-state index < -0.39 is 6.10 Å². The van der Waals surface area contributed by atoms with E-state index in [1.807, 2.05) is 30.3 Å². The van der Waals surface area contributed by atoms with E-state index in [9.17, 15) is 14.7 Å². The zero-order valence-electron chi connectivity index (χ0n) is 16.0. The predicted molar refractivity (Wildman–Crippen MR) is 107 cm³/mol. The molecule has 0 radical (unpaired) electrons. The van der Waals surface area contributed by atoms with E-state index in [2.05, 4.69) is 5.32 Å². The number of carbonyl (C=O) groups is 2. The van der Waals surface area contributed by atoms with Crippen LogP contribution in [0.4, 0.5) is 5.69 Å². The summed E-state index contributed by atoms with van der Waals surface area (Å²) in [6.45, 7) is 2.91. The second-order valence-electron chi connectivity index (χ2n) is 7.05. The first kappa shape index (κ1) is 19.9. The summed E-state index contributed by atoms with van der Waals surface area (Å²) in [4.78, 5) is 26.4. The van der Waals surface area contributed by atoms with E-state index in [0.29, 0.717) is 43.8 Å². The standard InChI is InChI=1S/C22H26N2O4/c1-16(28-20-5-3-2-4-6-20)22(27)23-18-9-7-17(8-10-18)15-21(26)24-13-11-19(25)12-14-24/h2-10,16,19,25H,11-15H2,1H3,(H,23,27). The van der Waals surface area contributed by atoms with Crippen LogP contribution in [-0.2, 0) is 16.0 Å². The van der Waals surface area contributed by atoms with Crippen molar-refractivity contribution in [2.45, 2.75) is 38.4 Å². The van der Waals surface area contributed by atoms with Gasteiger partial charge in [-0.2, -0.15) is 0 Å². The number of piperidine rings is 1. The molecule has 28 heavy (non-hydrogen) atoms. The zero-order chi connectivity index (χ0) is 19.9. The van der Waals surface area contributed by atoms with Gasteiger partial charge in [-0.15, -0.1) is 0 Å². The fourth-order valence-electron chi connectivity index (χ4n) is 3.11. The van der Waals surface area contributed by atoms with Crippen molar-refractivity contribution in [2.24, 2.45) is 0 Å². The highest BCUT2D eigenvalue weighted by molar-refractivity contribution is 5.94. The van der Waals surface area contributed by atoms with Crippen LogP contribution in [0.15, 0.2) is 54.6 Å². The highest BCUT2D eigenvalue weighted by Gasteiger charge is 2.21. The first-order valence-corrected chi connectivity index (χ1v) is 9.58. The van der Waals surface area contributed by atoms with Crippen LogP contribution in [0, 0.1) is 0 Å². The number of aliphatic hydroxyl groups excluding tert-OH is 1. The summed E-state index contributed by atoms with van der Waals surface area (Å²) in [5.41, 5.74) is 1.55. The molecule has 0 saturated carbocycles. The Balaban J connectivity index is 1.49. The van der Waals surface area contributed by atoms with Gasteiger partial charge in [-0.05, 0) is 49.6 Å². The molecule has 0 aliphatic carbocycles. The van der Waals surface area contributed by atoms with Crippen LogP contribution in [0.25, 0.3) is 0 Å². The molecule has 6 heteroatoms. The van der Waals surface area contributed by atoms with Crippen molar-refractivity contribution in [1.29, 1.82) is 0 Å². The third kappa shape index (κ3) is 5.57. The summed E-state index contributed by atoms with van der Waals surface area (Å²) in [5.74, 6) is 0.470. The second kappa shape index (κ2) is 9.37. The van der Waals surface area contributed by atoms with Crippen molar-refractivity contribution in [3.63, 3.8) is 0 Å². The van der Waals surface area contributed by atoms with Crippen molar-refractivity contribution in [3.05, 3.63) is 60.2 Å². The number of benzene rings is 2. The minimum absolute atomic E-state index is 0.0635. The molecule has 148 valence electrons. The summed E-state index contributed by atoms with van der Waals surface area (Å²) in [6, 6.07) is 16.5. The molecule has 1 saturated heterocycles. The minimum atomic E-state index is -0.627. The molecular weight excluding hydrogens is 356 g/mol. The lowest BCUT2D eigenvalue weighted by Gasteiger charge is -2.29. The van der Waals surface area contributed by atoms with Crippen molar-refractivity contribution >= 4 is 17.5 Å². The molecule has 2 aromatic rings. The molecule has 6 nitrogen and oxygen atoms in total. The van der Waals surface area contributed by atoms with Gasteiger partial charge < -0.3 is 20.1 Å². The number of hydrogen-bond donors (Lipinski definition) is 2. The Morgan fingerprint density at radius 2 is 1.75 bits per heavy atom. The number of amides is 2. The molecule has 1 unspecified atom stereocenters. The quantitative estimate of drug-likeness (QED) is 0.805. The van der Waals surface area contributed by atoms with E-state index in [1.165, 1.54) is 0 Å². The number of nitrogens with one attached hydrogen (secondary N) is 1. The van der Waals surface area contributed by atoms with Gasteiger partial charge in [-0.3, -0.25) is 9.59 Å². The smallest absolute Gasteiger partial charge is 0.265 e. The van der Waals surface area contributed by atoms with Gasteiger partial charge in [0.05, 0.1) is 12.5 Å². The lowest BCUT2D eigenvalue weighted by molar-refractivity contribution is -0.132. The van der Waals surface area contributed by atoms with Crippen LogP contribution >= 0.6 is 0 Å². The largest absolute Gasteiger partial charge is 0.481 e. The summed E-state index contributed by atoms with van der Waals surface area (Å²) < 4.78 is 5.62. The number of anilines is 1. The van der Waals surface area contributed by atoms with Gasteiger partial charge >= 0.3 is 0 Å². The van der Waals surface area contributed by atoms with Crippen molar-refractivity contribution < 1.29 is 19.4 Å². The highest BCUT2D eigenvalue weighted by atomic mass is 16.5. The Morgan fingerprint density at radius 1 is 1.11 bits per heavy atom. The molecular formula is C22H26N2O4. The molecule has 1 fully saturated rings. The molecule has 1 atom stereocenters. The van der Waals surface area contributed by atoms with Crippen molar-refractivity contribution in [3.8, 4) is 5.75 Å². The number of hydrogen-bond acceptors (Lipinski definition) is 4. The predicted octanol–water partition coefficient (Wildman–Crippen LogP) is 2.62. The maximum atomic E-state index is 12.4. The molecule has 2 aromatic carbocycles. The lowest BCUT2D eigenvalue weighted by atomic mass is 10.1. The van der Waals surface area contributed by atoms with E-state index >= 15 is 0 Å². The number of rotatable bonds is 6. The highest BCUT2D eigenvalue weighted by Crippen LogP contribution is 2.16. The summed E-state index contributed by atoms with van der Waals surface area (Å²) in [6.07, 6.45) is 0.677. The number of carbonyl (C=O) groups excluding carboxylic acids is 2. The van der Waals surface area contributed by atoms with Crippen molar-refractivity contribution in [2.75, 3.05) is 18.4 Å². The topological polar surface area (TPSA) is 78.9 Å². The number of ether oxygens (including phenoxy) is 1. The average Bonchev–Trinajstić information content (AvgIpc) is 2.70. The van der Waals surface area contributed by atoms with Gasteiger partial charge in [0.1, 0.15) is 5.75 Å². The van der Waals surface area contributed by atoms with E-state index in [0.717, 1.165) is 5.56 Å². The molecule has 0 spiro atoms. The zero-order valence-corrected chi connectivity index (χ0v) is 16.0. The van der Waals surface area contributed by atoms with Gasteiger partial charge in [0.2, 0.25) is 5.91 Å². The third-order valence-corrected chi connectivity index (χ3v) is 4.82. The van der Waals surface area contributed by atoms with Crippen LogP contribution in [0.5, 0.6) is 5.75 Å². The van der Waals surface area contributed by atoms with Gasteiger partial charge in [-0.25, -0.2) is 0 Å². The minimum Gasteiger partial charge on any atom is -0.481 e. The van der Waals surface area contributed by atoms with E-state index in [1.54, 1.807) is 36.1 Å². The maximum absolute atomic E-state index is 12.4. The Morgan fingerprint density at radius 3 is 2.39 bits per heavy atom. The number of aliphatic hydroxyl groups is 1. The number of para-hydroxylation sites is 1. The number of likely N-dealkylation sites (tertiary alicyclic amines) is 1. The number of nitrogens with zero attached hydrogens (tertiary/aromatic N) is 1. The third-order valence-electron chi connectivity index (χ3n) is 4.82. The average molecular weight is 382 g/mol. The fourth-order valence-corrected chi connectivity index (χ4v) is 3.11. The van der Waals surface area contributed by atoms with Crippen LogP contribution in [0.3, 0.4) is 0 Å². The van der Waals surface area contributed by atoms with Gasteiger partial charge in [-0.1, -0.05) is 30.3 Å². The van der Waals surface area contributed by atoms with Gasteiger partial charge in [0.15, 0.2) is 6.10 Å². The first-order chi connectivity index (χ1) is 13.5. The Labute approximate surface area is 165 Å². The molecule has 0 aromatic heterocycles. The second-order valence-corrected chi connectivity index (χ2v) is 7.05. The molecule has 2 N–H and O–H groups in total. The van der Waals surface area contributed by atoms with Crippen LogP contribution in [0.1, 0.15) is 25.3 Å². The monoisotopic (exact) mass is 382 g/mol. The Bertz CT molecular complexity index is 784. The van der Waals surface area contributed by atoms with E-state index in [4.69, 9.17) is 4.74 Å². The molecule has 0 bridgehead atoms. The van der Waals surface area contributed by atoms with Crippen LogP contribution < -0.4 is 10.1 Å². The summed E-state index contributed by atoms with van der Waals surface area (Å²) >= 11 is 0. The lowest BCUT2D eigenvalue weighted by Crippen LogP contribution is -2.40. The normalized spacial score (nSPS) is 15.7. The van der Waals surface area contributed by atoms with E-state index in [-0.39, 0.29) is 17.9 Å². The SMILES string of the molecule is CC(Oc1ccccc1)C(=O)Nc1ccc(CC(=O)N2CCC(O)CC2)cc1. The molecule has 1 heterocycles. The molecule has 3 rings (SSSR count). The van der Waals surface area contributed by atoms with Crippen LogP contribution in [-0.4, -0.2) is 47.1 Å². The Hall–Kier alpha value is -2.86. The maximum Gasteiger partial charge on any atom is 0.265 e. The molecule has 1 aliphatic rings.